The molecule has 0 spiro atoms. The van der Waals surface area contributed by atoms with Crippen LogP contribution in [0.4, 0.5) is 0 Å². The molecular weight excluding hydrogens is 438 g/mol. The third-order valence-corrected chi connectivity index (χ3v) is 6.20. The number of ketones is 1. The fraction of sp³-hybridized carbons (Fsp3) is 0.240. The van der Waals surface area contributed by atoms with Crippen LogP contribution in [-0.2, 0) is 12.0 Å². The Balaban J connectivity index is 1.61. The SMILES string of the molecule is CC(C)(C)c1ccc(-c2nnc(SCC(=O)c3ccc(O)cc3O)n2Cc2ccco2)cc1. The summed E-state index contributed by atoms with van der Waals surface area (Å²) in [5, 5.41) is 28.7. The van der Waals surface area contributed by atoms with Crippen LogP contribution in [0, 0.1) is 0 Å². The number of Topliss-reactive ketones (excluding diaryl/α,β-unsaturated/α-hetero) is 1. The predicted octanol–water partition coefficient (Wildman–Crippen LogP) is 5.27. The summed E-state index contributed by atoms with van der Waals surface area (Å²) in [5.41, 5.74) is 2.32. The Morgan fingerprint density at radius 3 is 2.45 bits per heavy atom. The minimum Gasteiger partial charge on any atom is -0.508 e. The zero-order valence-corrected chi connectivity index (χ0v) is 19.5. The van der Waals surface area contributed by atoms with Crippen molar-refractivity contribution in [1.29, 1.82) is 0 Å². The van der Waals surface area contributed by atoms with Crippen molar-refractivity contribution >= 4 is 17.5 Å². The Bertz CT molecular complexity index is 1260. The molecule has 0 saturated carbocycles. The number of benzene rings is 2. The fourth-order valence-electron chi connectivity index (χ4n) is 3.39. The molecule has 0 aliphatic carbocycles. The summed E-state index contributed by atoms with van der Waals surface area (Å²) in [5.74, 6) is 0.842. The highest BCUT2D eigenvalue weighted by molar-refractivity contribution is 7.99. The number of aromatic hydroxyl groups is 2. The van der Waals surface area contributed by atoms with E-state index in [9.17, 15) is 15.0 Å². The van der Waals surface area contributed by atoms with Crippen molar-refractivity contribution in [2.24, 2.45) is 0 Å². The van der Waals surface area contributed by atoms with E-state index in [1.54, 1.807) is 6.26 Å². The highest BCUT2D eigenvalue weighted by Gasteiger charge is 2.20. The minimum atomic E-state index is -0.277. The second-order valence-corrected chi connectivity index (χ2v) is 9.65. The van der Waals surface area contributed by atoms with E-state index in [0.717, 1.165) is 17.4 Å². The topological polar surface area (TPSA) is 101 Å². The average molecular weight is 464 g/mol. The van der Waals surface area contributed by atoms with Crippen LogP contribution in [0.2, 0.25) is 0 Å². The Morgan fingerprint density at radius 2 is 1.82 bits per heavy atom. The first-order valence-corrected chi connectivity index (χ1v) is 11.5. The van der Waals surface area contributed by atoms with Gasteiger partial charge < -0.3 is 14.6 Å². The second kappa shape index (κ2) is 9.15. The van der Waals surface area contributed by atoms with Crippen LogP contribution in [0.25, 0.3) is 11.4 Å². The molecule has 0 radical (unpaired) electrons. The molecule has 7 nitrogen and oxygen atoms in total. The van der Waals surface area contributed by atoms with E-state index in [-0.39, 0.29) is 34.0 Å². The molecule has 2 aromatic carbocycles. The fourth-order valence-corrected chi connectivity index (χ4v) is 4.21. The molecule has 0 saturated heterocycles. The third-order valence-electron chi connectivity index (χ3n) is 5.23. The van der Waals surface area contributed by atoms with Crippen LogP contribution in [0.5, 0.6) is 11.5 Å². The van der Waals surface area contributed by atoms with E-state index in [1.807, 2.05) is 28.8 Å². The largest absolute Gasteiger partial charge is 0.508 e. The zero-order valence-electron chi connectivity index (χ0n) is 18.6. The lowest BCUT2D eigenvalue weighted by atomic mass is 9.87. The maximum Gasteiger partial charge on any atom is 0.192 e. The van der Waals surface area contributed by atoms with Crippen LogP contribution in [0.15, 0.2) is 70.4 Å². The maximum atomic E-state index is 12.6. The molecule has 2 N–H and O–H groups in total. The minimum absolute atomic E-state index is 0.0432. The van der Waals surface area contributed by atoms with Crippen molar-refractivity contribution in [2.45, 2.75) is 37.9 Å². The number of aromatic nitrogens is 3. The van der Waals surface area contributed by atoms with E-state index in [2.05, 4.69) is 43.1 Å². The monoisotopic (exact) mass is 463 g/mol. The first-order chi connectivity index (χ1) is 15.7. The predicted molar refractivity (Wildman–Crippen MR) is 127 cm³/mol. The van der Waals surface area contributed by atoms with Crippen LogP contribution in [-0.4, -0.2) is 36.5 Å². The molecule has 0 bridgehead atoms. The Hall–Kier alpha value is -3.52. The van der Waals surface area contributed by atoms with Crippen molar-refractivity contribution in [3.05, 3.63) is 77.7 Å². The van der Waals surface area contributed by atoms with Crippen molar-refractivity contribution in [2.75, 3.05) is 5.75 Å². The van der Waals surface area contributed by atoms with E-state index in [4.69, 9.17) is 4.42 Å². The summed E-state index contributed by atoms with van der Waals surface area (Å²) < 4.78 is 7.45. The van der Waals surface area contributed by atoms with Gasteiger partial charge in [0, 0.05) is 11.6 Å². The van der Waals surface area contributed by atoms with Gasteiger partial charge in [0.1, 0.15) is 17.3 Å². The molecule has 2 heterocycles. The molecule has 0 aliphatic rings. The number of carbonyl (C=O) groups is 1. The van der Waals surface area contributed by atoms with Gasteiger partial charge in [-0.25, -0.2) is 0 Å². The van der Waals surface area contributed by atoms with Crippen molar-refractivity contribution < 1.29 is 19.4 Å². The van der Waals surface area contributed by atoms with Gasteiger partial charge in [0.25, 0.3) is 0 Å². The molecule has 4 rings (SSSR count). The molecule has 0 aliphatic heterocycles. The highest BCUT2D eigenvalue weighted by atomic mass is 32.2. The molecule has 170 valence electrons. The van der Waals surface area contributed by atoms with Gasteiger partial charge in [0.2, 0.25) is 0 Å². The van der Waals surface area contributed by atoms with Gasteiger partial charge in [-0.3, -0.25) is 9.36 Å². The molecule has 0 atom stereocenters. The quantitative estimate of drug-likeness (QED) is 0.284. The van der Waals surface area contributed by atoms with E-state index < -0.39 is 0 Å². The molecule has 33 heavy (non-hydrogen) atoms. The Labute approximate surface area is 196 Å². The smallest absolute Gasteiger partial charge is 0.192 e. The van der Waals surface area contributed by atoms with Crippen molar-refractivity contribution in [3.63, 3.8) is 0 Å². The van der Waals surface area contributed by atoms with Crippen LogP contribution in [0.1, 0.15) is 42.5 Å². The van der Waals surface area contributed by atoms with E-state index in [0.29, 0.717) is 17.5 Å². The Kier molecular flexibility index (Phi) is 6.29. The van der Waals surface area contributed by atoms with E-state index >= 15 is 0 Å². The molecule has 0 fully saturated rings. The molecule has 0 unspecified atom stereocenters. The van der Waals surface area contributed by atoms with Crippen molar-refractivity contribution in [3.8, 4) is 22.9 Å². The van der Waals surface area contributed by atoms with Gasteiger partial charge in [-0.1, -0.05) is 56.8 Å². The summed E-state index contributed by atoms with van der Waals surface area (Å²) in [7, 11) is 0. The van der Waals surface area contributed by atoms with Gasteiger partial charge in [-0.15, -0.1) is 10.2 Å². The Morgan fingerprint density at radius 1 is 1.06 bits per heavy atom. The van der Waals surface area contributed by atoms with Crippen molar-refractivity contribution in [1.82, 2.24) is 14.8 Å². The lowest BCUT2D eigenvalue weighted by Gasteiger charge is -2.19. The van der Waals surface area contributed by atoms with Gasteiger partial charge in [-0.2, -0.15) is 0 Å². The normalized spacial score (nSPS) is 11.6. The second-order valence-electron chi connectivity index (χ2n) is 8.71. The summed E-state index contributed by atoms with van der Waals surface area (Å²) in [6, 6.07) is 15.9. The number of phenols is 2. The number of phenolic OH excluding ortho intramolecular Hbond substituents is 2. The molecule has 2 aromatic heterocycles. The zero-order chi connectivity index (χ0) is 23.6. The molecule has 0 amide bonds. The number of nitrogens with zero attached hydrogens (tertiary/aromatic N) is 3. The molecule has 4 aromatic rings. The van der Waals surface area contributed by atoms with Gasteiger partial charge in [0.05, 0.1) is 24.1 Å². The molecule has 8 heteroatoms. The van der Waals surface area contributed by atoms with Gasteiger partial charge in [0.15, 0.2) is 16.8 Å². The summed E-state index contributed by atoms with van der Waals surface area (Å²) in [6.45, 7) is 6.91. The van der Waals surface area contributed by atoms with Gasteiger partial charge in [-0.05, 0) is 35.2 Å². The highest BCUT2D eigenvalue weighted by Crippen LogP contribution is 2.30. The number of thioether (sulfide) groups is 1. The molecular formula is C25H25N3O4S. The summed E-state index contributed by atoms with van der Waals surface area (Å²) >= 11 is 1.23. The van der Waals surface area contributed by atoms with Crippen LogP contribution < -0.4 is 0 Å². The maximum absolute atomic E-state index is 12.6. The average Bonchev–Trinajstić information content (AvgIpc) is 3.42. The number of carbonyl (C=O) groups excluding carboxylic acids is 1. The lowest BCUT2D eigenvalue weighted by Crippen LogP contribution is -2.10. The first-order valence-electron chi connectivity index (χ1n) is 10.5. The standard InChI is InChI=1S/C25H25N3O4S/c1-25(2,3)17-8-6-16(7-9-17)23-26-27-24(28(23)14-19-5-4-12-32-19)33-15-22(31)20-11-10-18(29)13-21(20)30/h4-13,29-30H,14-15H2,1-3H3. The van der Waals surface area contributed by atoms with Crippen LogP contribution in [0.3, 0.4) is 0 Å². The van der Waals surface area contributed by atoms with Gasteiger partial charge >= 0.3 is 0 Å². The number of furan rings is 1. The van der Waals surface area contributed by atoms with Crippen LogP contribution >= 0.6 is 11.8 Å². The number of rotatable bonds is 7. The summed E-state index contributed by atoms with van der Waals surface area (Å²) in [6.07, 6.45) is 1.61. The number of hydrogen-bond acceptors (Lipinski definition) is 7. The third kappa shape index (κ3) is 5.12. The number of hydrogen-bond donors (Lipinski definition) is 2. The first kappa shape index (κ1) is 22.7. The summed E-state index contributed by atoms with van der Waals surface area (Å²) in [4.78, 5) is 12.6. The lowest BCUT2D eigenvalue weighted by molar-refractivity contribution is 0.102. The van der Waals surface area contributed by atoms with E-state index in [1.165, 1.54) is 29.5 Å².